The van der Waals surface area contributed by atoms with Gasteiger partial charge in [0.05, 0.1) is 21.1 Å². The number of thioether (sulfide) groups is 1. The van der Waals surface area contributed by atoms with Crippen LogP contribution in [-0.2, 0) is 6.61 Å². The van der Waals surface area contributed by atoms with Crippen molar-refractivity contribution in [3.63, 3.8) is 0 Å². The molecule has 0 aliphatic carbocycles. The monoisotopic (exact) mass is 443 g/mol. The first kappa shape index (κ1) is 18.5. The Kier molecular flexibility index (Phi) is 6.25. The van der Waals surface area contributed by atoms with E-state index in [0.717, 1.165) is 27.4 Å². The highest BCUT2D eigenvalue weighted by Crippen LogP contribution is 2.39. The van der Waals surface area contributed by atoms with Crippen molar-refractivity contribution in [2.75, 3.05) is 18.9 Å². The summed E-state index contributed by atoms with van der Waals surface area (Å²) in [5.74, 6) is 1.71. The molecule has 0 N–H and O–H groups in total. The number of ether oxygens (including phenoxy) is 2. The molecule has 0 saturated heterocycles. The fourth-order valence-electron chi connectivity index (χ4n) is 2.42. The fourth-order valence-corrected chi connectivity index (χ4v) is 4.04. The van der Waals surface area contributed by atoms with Gasteiger partial charge in [-0.1, -0.05) is 17.7 Å². The predicted octanol–water partition coefficient (Wildman–Crippen LogP) is 5.71. The Morgan fingerprint density at radius 2 is 2.16 bits per heavy atom. The normalized spacial score (nSPS) is 13.7. The minimum absolute atomic E-state index is 0.0131. The molecule has 1 aliphatic heterocycles. The molecule has 0 fully saturated rings. The fraction of sp³-hybridized carbons (Fsp3) is 0.278. The van der Waals surface area contributed by atoms with Gasteiger partial charge in [-0.15, -0.1) is 11.8 Å². The average Bonchev–Trinajstić information content (AvgIpc) is 3.11. The molecule has 132 valence electrons. The van der Waals surface area contributed by atoms with Gasteiger partial charge >= 0.3 is 0 Å². The molecular weight excluding hydrogens is 429 g/mol. The molecule has 0 atom stereocenters. The molecule has 0 bridgehead atoms. The van der Waals surface area contributed by atoms with Gasteiger partial charge in [-0.05, 0) is 47.1 Å². The first-order valence-electron chi connectivity index (χ1n) is 7.79. The third-order valence-corrected chi connectivity index (χ3v) is 5.53. The third kappa shape index (κ3) is 4.30. The highest BCUT2D eigenvalue weighted by Gasteiger charge is 2.18. The number of hydrogen-bond acceptors (Lipinski definition) is 4. The summed E-state index contributed by atoms with van der Waals surface area (Å²) in [6, 6.07) is 8.42. The quantitative estimate of drug-likeness (QED) is 0.571. The largest absolute Gasteiger partial charge is 0.490 e. The Morgan fingerprint density at radius 1 is 1.32 bits per heavy atom. The minimum atomic E-state index is -0.394. The first-order valence-corrected chi connectivity index (χ1v) is 9.95. The van der Waals surface area contributed by atoms with E-state index >= 15 is 0 Å². The first-order chi connectivity index (χ1) is 12.1. The standard InChI is InChI=1S/C18H16BrClFNO2S/c1-2-23-16-9-11(18-22-6-7-25-18)8-13(19)17(16)24-10-12-14(20)4-3-5-15(12)21/h3-5,8-9H,2,6-7,10H2,1H3. The third-order valence-electron chi connectivity index (χ3n) is 3.56. The van der Waals surface area contributed by atoms with Crippen LogP contribution < -0.4 is 9.47 Å². The number of hydrogen-bond donors (Lipinski definition) is 0. The maximum absolute atomic E-state index is 13.9. The van der Waals surface area contributed by atoms with Gasteiger partial charge in [-0.2, -0.15) is 0 Å². The van der Waals surface area contributed by atoms with Crippen molar-refractivity contribution in [3.8, 4) is 11.5 Å². The SMILES string of the molecule is CCOc1cc(C2=NCCS2)cc(Br)c1OCc1c(F)cccc1Cl. The highest BCUT2D eigenvalue weighted by molar-refractivity contribution is 9.10. The van der Waals surface area contributed by atoms with E-state index in [1.807, 2.05) is 19.1 Å². The number of nitrogens with zero attached hydrogens (tertiary/aromatic N) is 1. The molecule has 0 saturated carbocycles. The van der Waals surface area contributed by atoms with Crippen molar-refractivity contribution in [2.24, 2.45) is 4.99 Å². The average molecular weight is 445 g/mol. The van der Waals surface area contributed by atoms with Crippen LogP contribution in [0.2, 0.25) is 5.02 Å². The molecule has 0 aromatic heterocycles. The van der Waals surface area contributed by atoms with E-state index in [1.165, 1.54) is 6.07 Å². The van der Waals surface area contributed by atoms with E-state index in [4.69, 9.17) is 21.1 Å². The van der Waals surface area contributed by atoms with E-state index in [2.05, 4.69) is 20.9 Å². The number of halogens is 3. The second-order valence-electron chi connectivity index (χ2n) is 5.24. The van der Waals surface area contributed by atoms with Crippen LogP contribution in [0.1, 0.15) is 18.1 Å². The molecule has 0 spiro atoms. The minimum Gasteiger partial charge on any atom is -0.490 e. The van der Waals surface area contributed by atoms with Gasteiger partial charge in [0.2, 0.25) is 0 Å². The van der Waals surface area contributed by atoms with Crippen molar-refractivity contribution >= 4 is 44.3 Å². The van der Waals surface area contributed by atoms with Crippen LogP contribution in [0.3, 0.4) is 0 Å². The Balaban J connectivity index is 1.89. The Bertz CT molecular complexity index is 796. The van der Waals surface area contributed by atoms with Crippen LogP contribution in [0, 0.1) is 5.82 Å². The summed E-state index contributed by atoms with van der Waals surface area (Å²) in [4.78, 5) is 4.49. The summed E-state index contributed by atoms with van der Waals surface area (Å²) >= 11 is 11.3. The number of rotatable bonds is 6. The lowest BCUT2D eigenvalue weighted by atomic mass is 10.2. The van der Waals surface area contributed by atoms with Crippen molar-refractivity contribution < 1.29 is 13.9 Å². The maximum Gasteiger partial charge on any atom is 0.175 e. The van der Waals surface area contributed by atoms with Crippen LogP contribution in [0.4, 0.5) is 4.39 Å². The van der Waals surface area contributed by atoms with Gasteiger partial charge < -0.3 is 9.47 Å². The van der Waals surface area contributed by atoms with Crippen LogP contribution in [0.15, 0.2) is 39.8 Å². The summed E-state index contributed by atoms with van der Waals surface area (Å²) in [6.07, 6.45) is 0. The van der Waals surface area contributed by atoms with Gasteiger partial charge in [0.25, 0.3) is 0 Å². The van der Waals surface area contributed by atoms with Gasteiger partial charge in [0.15, 0.2) is 11.5 Å². The summed E-state index contributed by atoms with van der Waals surface area (Å²) in [5, 5.41) is 1.33. The van der Waals surface area contributed by atoms with Crippen molar-refractivity contribution in [3.05, 3.63) is 56.8 Å². The molecule has 0 radical (unpaired) electrons. The van der Waals surface area contributed by atoms with Gasteiger partial charge in [-0.3, -0.25) is 4.99 Å². The Labute approximate surface area is 163 Å². The lowest BCUT2D eigenvalue weighted by Crippen LogP contribution is -2.04. The molecular formula is C18H16BrClFNO2S. The molecule has 1 aliphatic rings. The topological polar surface area (TPSA) is 30.8 Å². The van der Waals surface area contributed by atoms with Crippen LogP contribution in [0.25, 0.3) is 0 Å². The molecule has 3 nitrogen and oxygen atoms in total. The number of benzene rings is 2. The predicted molar refractivity (Wildman–Crippen MR) is 105 cm³/mol. The zero-order chi connectivity index (χ0) is 17.8. The molecule has 2 aromatic rings. The highest BCUT2D eigenvalue weighted by atomic mass is 79.9. The summed E-state index contributed by atoms with van der Waals surface area (Å²) in [6.45, 7) is 3.23. The molecule has 25 heavy (non-hydrogen) atoms. The summed E-state index contributed by atoms with van der Waals surface area (Å²) < 4.78 is 26.2. The molecule has 1 heterocycles. The molecule has 2 aromatic carbocycles. The van der Waals surface area contributed by atoms with E-state index in [1.54, 1.807) is 23.9 Å². The zero-order valence-electron chi connectivity index (χ0n) is 13.5. The lowest BCUT2D eigenvalue weighted by Gasteiger charge is -2.16. The van der Waals surface area contributed by atoms with Crippen molar-refractivity contribution in [1.82, 2.24) is 0 Å². The maximum atomic E-state index is 13.9. The summed E-state index contributed by atoms with van der Waals surface area (Å²) in [7, 11) is 0. The van der Waals surface area contributed by atoms with Crippen molar-refractivity contribution in [2.45, 2.75) is 13.5 Å². The smallest absolute Gasteiger partial charge is 0.175 e. The van der Waals surface area contributed by atoms with Gasteiger partial charge in [0.1, 0.15) is 12.4 Å². The second-order valence-corrected chi connectivity index (χ2v) is 7.59. The van der Waals surface area contributed by atoms with E-state index in [0.29, 0.717) is 28.7 Å². The van der Waals surface area contributed by atoms with Crippen molar-refractivity contribution in [1.29, 1.82) is 0 Å². The molecule has 3 rings (SSSR count). The zero-order valence-corrected chi connectivity index (χ0v) is 16.7. The second kappa shape index (κ2) is 8.43. The molecule has 0 unspecified atom stereocenters. The molecule has 7 heteroatoms. The summed E-state index contributed by atoms with van der Waals surface area (Å²) in [5.41, 5.74) is 1.30. The lowest BCUT2D eigenvalue weighted by molar-refractivity contribution is 0.264. The Morgan fingerprint density at radius 3 is 2.84 bits per heavy atom. The molecule has 0 amide bonds. The van der Waals surface area contributed by atoms with Gasteiger partial charge in [0, 0.05) is 23.4 Å². The van der Waals surface area contributed by atoms with Crippen LogP contribution in [0.5, 0.6) is 11.5 Å². The van der Waals surface area contributed by atoms with E-state index < -0.39 is 5.82 Å². The van der Waals surface area contributed by atoms with E-state index in [9.17, 15) is 4.39 Å². The van der Waals surface area contributed by atoms with Crippen LogP contribution >= 0.6 is 39.3 Å². The van der Waals surface area contributed by atoms with E-state index in [-0.39, 0.29) is 6.61 Å². The Hall–Kier alpha value is -1.24. The van der Waals surface area contributed by atoms with Crippen LogP contribution in [-0.4, -0.2) is 23.9 Å². The van der Waals surface area contributed by atoms with Gasteiger partial charge in [-0.25, -0.2) is 4.39 Å². The number of aliphatic imine (C=N–C) groups is 1.